The molecule has 2 atom stereocenters. The second-order valence-corrected chi connectivity index (χ2v) is 6.73. The van der Waals surface area contributed by atoms with E-state index in [1.54, 1.807) is 0 Å². The van der Waals surface area contributed by atoms with Crippen molar-refractivity contribution >= 4 is 11.3 Å². The fourth-order valence-corrected chi connectivity index (χ4v) is 3.77. The molecule has 0 bridgehead atoms. The summed E-state index contributed by atoms with van der Waals surface area (Å²) < 4.78 is 0. The normalized spacial score (nSPS) is 27.4. The molecule has 1 heterocycles. The highest BCUT2D eigenvalue weighted by Crippen LogP contribution is 2.40. The standard InChI is InChI=1S/C15H24N2S/c1-2-16-10-12-5-8-15(12)17(13-6-7-13)11-14-4-3-9-18-14/h3-4,9,12-13,15-16H,2,5-8,10-11H2,1H3. The summed E-state index contributed by atoms with van der Waals surface area (Å²) in [5, 5.41) is 5.73. The third kappa shape index (κ3) is 2.79. The zero-order chi connectivity index (χ0) is 12.4. The van der Waals surface area contributed by atoms with Gasteiger partial charge in [-0.25, -0.2) is 0 Å². The summed E-state index contributed by atoms with van der Waals surface area (Å²) in [4.78, 5) is 4.34. The van der Waals surface area contributed by atoms with Gasteiger partial charge in [-0.15, -0.1) is 11.3 Å². The van der Waals surface area contributed by atoms with Crippen LogP contribution in [0, 0.1) is 5.92 Å². The van der Waals surface area contributed by atoms with Crippen LogP contribution in [0.25, 0.3) is 0 Å². The van der Waals surface area contributed by atoms with Crippen molar-refractivity contribution in [1.29, 1.82) is 0 Å². The minimum atomic E-state index is 0.846. The second kappa shape index (κ2) is 5.72. The van der Waals surface area contributed by atoms with Crippen LogP contribution in [0.1, 0.15) is 37.5 Å². The number of nitrogens with one attached hydrogen (secondary N) is 1. The highest BCUT2D eigenvalue weighted by atomic mass is 32.1. The van der Waals surface area contributed by atoms with Gasteiger partial charge in [-0.1, -0.05) is 13.0 Å². The lowest BCUT2D eigenvalue weighted by Gasteiger charge is -2.45. The first-order valence-corrected chi connectivity index (χ1v) is 8.25. The molecule has 3 rings (SSSR count). The molecular formula is C15H24N2S. The molecular weight excluding hydrogens is 240 g/mol. The molecule has 2 saturated carbocycles. The Labute approximate surface area is 114 Å². The van der Waals surface area contributed by atoms with Crippen molar-refractivity contribution in [3.05, 3.63) is 22.4 Å². The molecule has 3 heteroatoms. The third-order valence-electron chi connectivity index (χ3n) is 4.39. The number of thiophene rings is 1. The number of rotatable bonds is 7. The Balaban J connectivity index is 1.59. The third-order valence-corrected chi connectivity index (χ3v) is 5.26. The minimum Gasteiger partial charge on any atom is -0.317 e. The molecule has 0 aliphatic heterocycles. The smallest absolute Gasteiger partial charge is 0.0333 e. The highest BCUT2D eigenvalue weighted by Gasteiger charge is 2.41. The lowest BCUT2D eigenvalue weighted by atomic mass is 9.78. The SMILES string of the molecule is CCNCC1CCC1N(Cc1cccs1)C1CC1. The monoisotopic (exact) mass is 264 g/mol. The summed E-state index contributed by atoms with van der Waals surface area (Å²) in [6.45, 7) is 5.72. The van der Waals surface area contributed by atoms with Gasteiger partial charge in [0.1, 0.15) is 0 Å². The lowest BCUT2D eigenvalue weighted by Crippen LogP contribution is -2.51. The van der Waals surface area contributed by atoms with Crippen LogP contribution in [0.2, 0.25) is 0 Å². The topological polar surface area (TPSA) is 15.3 Å². The molecule has 2 fully saturated rings. The van der Waals surface area contributed by atoms with Crippen LogP contribution in [-0.2, 0) is 6.54 Å². The van der Waals surface area contributed by atoms with Gasteiger partial charge in [0.15, 0.2) is 0 Å². The van der Waals surface area contributed by atoms with E-state index in [9.17, 15) is 0 Å². The number of hydrogen-bond acceptors (Lipinski definition) is 3. The quantitative estimate of drug-likeness (QED) is 0.814. The number of nitrogens with zero attached hydrogens (tertiary/aromatic N) is 1. The van der Waals surface area contributed by atoms with Crippen molar-refractivity contribution in [3.63, 3.8) is 0 Å². The molecule has 0 saturated heterocycles. The molecule has 1 aromatic heterocycles. The summed E-state index contributed by atoms with van der Waals surface area (Å²) in [7, 11) is 0. The van der Waals surface area contributed by atoms with Crippen LogP contribution in [0.3, 0.4) is 0 Å². The summed E-state index contributed by atoms with van der Waals surface area (Å²) in [5.74, 6) is 0.894. The van der Waals surface area contributed by atoms with E-state index in [0.717, 1.165) is 24.5 Å². The highest BCUT2D eigenvalue weighted by molar-refractivity contribution is 7.09. The molecule has 1 N–H and O–H groups in total. The first-order valence-electron chi connectivity index (χ1n) is 7.37. The Morgan fingerprint density at radius 1 is 1.33 bits per heavy atom. The summed E-state index contributed by atoms with van der Waals surface area (Å²) in [6, 6.07) is 6.21. The van der Waals surface area contributed by atoms with Gasteiger partial charge < -0.3 is 5.32 Å². The summed E-state index contributed by atoms with van der Waals surface area (Å²) >= 11 is 1.91. The maximum absolute atomic E-state index is 3.53. The van der Waals surface area contributed by atoms with E-state index in [1.165, 1.54) is 43.6 Å². The maximum atomic E-state index is 3.53. The van der Waals surface area contributed by atoms with E-state index >= 15 is 0 Å². The van der Waals surface area contributed by atoms with Gasteiger partial charge in [-0.2, -0.15) is 0 Å². The van der Waals surface area contributed by atoms with E-state index in [0.29, 0.717) is 0 Å². The zero-order valence-electron chi connectivity index (χ0n) is 11.3. The molecule has 2 unspecified atom stereocenters. The van der Waals surface area contributed by atoms with Crippen LogP contribution in [0.5, 0.6) is 0 Å². The molecule has 2 nitrogen and oxygen atoms in total. The predicted octanol–water partition coefficient (Wildman–Crippen LogP) is 3.10. The van der Waals surface area contributed by atoms with Gasteiger partial charge in [0.2, 0.25) is 0 Å². The fourth-order valence-electron chi connectivity index (χ4n) is 3.06. The van der Waals surface area contributed by atoms with Crippen LogP contribution in [-0.4, -0.2) is 30.1 Å². The summed E-state index contributed by atoms with van der Waals surface area (Å²) in [6.07, 6.45) is 5.69. The lowest BCUT2D eigenvalue weighted by molar-refractivity contribution is 0.0495. The zero-order valence-corrected chi connectivity index (χ0v) is 12.1. The molecule has 0 aromatic carbocycles. The Bertz CT molecular complexity index is 359. The van der Waals surface area contributed by atoms with Gasteiger partial charge >= 0.3 is 0 Å². The van der Waals surface area contributed by atoms with E-state index in [1.807, 2.05) is 11.3 Å². The van der Waals surface area contributed by atoms with Crippen LogP contribution >= 0.6 is 11.3 Å². The Hall–Kier alpha value is -0.380. The molecule has 18 heavy (non-hydrogen) atoms. The van der Waals surface area contributed by atoms with E-state index in [2.05, 4.69) is 34.7 Å². The van der Waals surface area contributed by atoms with Crippen LogP contribution in [0.4, 0.5) is 0 Å². The van der Waals surface area contributed by atoms with E-state index in [4.69, 9.17) is 0 Å². The van der Waals surface area contributed by atoms with Crippen molar-refractivity contribution in [1.82, 2.24) is 10.2 Å². The van der Waals surface area contributed by atoms with Crippen molar-refractivity contribution < 1.29 is 0 Å². The first-order chi connectivity index (χ1) is 8.88. The minimum absolute atomic E-state index is 0.846. The van der Waals surface area contributed by atoms with Gasteiger partial charge in [-0.3, -0.25) is 4.90 Å². The van der Waals surface area contributed by atoms with Crippen LogP contribution < -0.4 is 5.32 Å². The van der Waals surface area contributed by atoms with Gasteiger partial charge in [0.25, 0.3) is 0 Å². The van der Waals surface area contributed by atoms with E-state index < -0.39 is 0 Å². The summed E-state index contributed by atoms with van der Waals surface area (Å²) in [5.41, 5.74) is 0. The molecule has 0 radical (unpaired) electrons. The largest absolute Gasteiger partial charge is 0.317 e. The van der Waals surface area contributed by atoms with Crippen molar-refractivity contribution in [2.75, 3.05) is 13.1 Å². The first kappa shape index (κ1) is 12.6. The Kier molecular flexibility index (Phi) is 4.02. The molecule has 0 amide bonds. The van der Waals surface area contributed by atoms with Crippen molar-refractivity contribution in [2.45, 2.75) is 51.2 Å². The molecule has 2 aliphatic carbocycles. The van der Waals surface area contributed by atoms with Crippen molar-refractivity contribution in [3.8, 4) is 0 Å². The Morgan fingerprint density at radius 3 is 2.78 bits per heavy atom. The number of hydrogen-bond donors (Lipinski definition) is 1. The van der Waals surface area contributed by atoms with Crippen LogP contribution in [0.15, 0.2) is 17.5 Å². The van der Waals surface area contributed by atoms with Gasteiger partial charge in [-0.05, 0) is 56.1 Å². The fraction of sp³-hybridized carbons (Fsp3) is 0.733. The van der Waals surface area contributed by atoms with Gasteiger partial charge in [0, 0.05) is 23.5 Å². The predicted molar refractivity (Wildman–Crippen MR) is 77.9 cm³/mol. The molecule has 2 aliphatic rings. The molecule has 100 valence electrons. The Morgan fingerprint density at radius 2 is 2.22 bits per heavy atom. The maximum Gasteiger partial charge on any atom is 0.0333 e. The van der Waals surface area contributed by atoms with Crippen molar-refractivity contribution in [2.24, 2.45) is 5.92 Å². The molecule has 1 aromatic rings. The average Bonchev–Trinajstić information content (AvgIpc) is 3.06. The average molecular weight is 264 g/mol. The second-order valence-electron chi connectivity index (χ2n) is 5.70. The molecule has 0 spiro atoms. The van der Waals surface area contributed by atoms with E-state index in [-0.39, 0.29) is 0 Å². The van der Waals surface area contributed by atoms with Gasteiger partial charge in [0.05, 0.1) is 0 Å².